The molecule has 0 aliphatic carbocycles. The standard InChI is InChI=1S/C12H22BrNO3/c1-12(2,3)17-11(15)14-7-8-16-10(9-14)5-4-6-13/h10H,4-9H2,1-3H3. The van der Waals surface area contributed by atoms with Crippen molar-refractivity contribution in [2.24, 2.45) is 0 Å². The molecule has 100 valence electrons. The summed E-state index contributed by atoms with van der Waals surface area (Å²) in [4.78, 5) is 13.6. The smallest absolute Gasteiger partial charge is 0.410 e. The maximum Gasteiger partial charge on any atom is 0.410 e. The van der Waals surface area contributed by atoms with Gasteiger partial charge in [0.1, 0.15) is 5.60 Å². The Kier molecular flexibility index (Phi) is 5.73. The first-order valence-corrected chi connectivity index (χ1v) is 7.20. The van der Waals surface area contributed by atoms with Crippen molar-refractivity contribution >= 4 is 22.0 Å². The molecule has 0 saturated carbocycles. The molecule has 0 bridgehead atoms. The van der Waals surface area contributed by atoms with E-state index in [0.717, 1.165) is 18.2 Å². The van der Waals surface area contributed by atoms with Crippen LogP contribution in [0.4, 0.5) is 4.79 Å². The van der Waals surface area contributed by atoms with E-state index in [4.69, 9.17) is 9.47 Å². The van der Waals surface area contributed by atoms with E-state index in [0.29, 0.717) is 19.7 Å². The van der Waals surface area contributed by atoms with Gasteiger partial charge in [0.2, 0.25) is 0 Å². The molecule has 4 nitrogen and oxygen atoms in total. The van der Waals surface area contributed by atoms with Crippen molar-refractivity contribution in [2.45, 2.75) is 45.3 Å². The number of hydrogen-bond acceptors (Lipinski definition) is 3. The second kappa shape index (κ2) is 6.59. The van der Waals surface area contributed by atoms with Crippen LogP contribution >= 0.6 is 15.9 Å². The molecule has 1 heterocycles. The van der Waals surface area contributed by atoms with Crippen molar-refractivity contribution in [2.75, 3.05) is 25.0 Å². The van der Waals surface area contributed by atoms with E-state index in [1.165, 1.54) is 0 Å². The van der Waals surface area contributed by atoms with Gasteiger partial charge in [0.15, 0.2) is 0 Å². The first kappa shape index (κ1) is 14.8. The average molecular weight is 308 g/mol. The number of nitrogens with zero attached hydrogens (tertiary/aromatic N) is 1. The van der Waals surface area contributed by atoms with Gasteiger partial charge in [-0.3, -0.25) is 0 Å². The second-order valence-electron chi connectivity index (χ2n) is 5.25. The van der Waals surface area contributed by atoms with Crippen molar-refractivity contribution in [1.29, 1.82) is 0 Å². The number of alkyl halides is 1. The summed E-state index contributed by atoms with van der Waals surface area (Å²) in [5.74, 6) is 0. The number of carbonyl (C=O) groups is 1. The summed E-state index contributed by atoms with van der Waals surface area (Å²) in [5, 5.41) is 0.972. The highest BCUT2D eigenvalue weighted by Crippen LogP contribution is 2.15. The largest absolute Gasteiger partial charge is 0.444 e. The van der Waals surface area contributed by atoms with Crippen LogP contribution in [-0.2, 0) is 9.47 Å². The number of amides is 1. The molecule has 1 rings (SSSR count). The van der Waals surface area contributed by atoms with E-state index in [2.05, 4.69) is 15.9 Å². The molecule has 1 atom stereocenters. The summed E-state index contributed by atoms with van der Waals surface area (Å²) in [6.07, 6.45) is 1.95. The lowest BCUT2D eigenvalue weighted by Gasteiger charge is -2.34. The van der Waals surface area contributed by atoms with Gasteiger partial charge in [-0.15, -0.1) is 0 Å². The molecule has 1 unspecified atom stereocenters. The lowest BCUT2D eigenvalue weighted by Crippen LogP contribution is -2.47. The van der Waals surface area contributed by atoms with Gasteiger partial charge in [0.25, 0.3) is 0 Å². The third-order valence-corrected chi connectivity index (χ3v) is 3.01. The summed E-state index contributed by atoms with van der Waals surface area (Å²) < 4.78 is 11.0. The van der Waals surface area contributed by atoms with Crippen LogP contribution in [0.3, 0.4) is 0 Å². The van der Waals surface area contributed by atoms with Gasteiger partial charge in [-0.05, 0) is 33.6 Å². The van der Waals surface area contributed by atoms with Crippen LogP contribution in [0.25, 0.3) is 0 Å². The van der Waals surface area contributed by atoms with Gasteiger partial charge in [-0.2, -0.15) is 0 Å². The fourth-order valence-corrected chi connectivity index (χ4v) is 2.01. The Labute approximate surface area is 112 Å². The van der Waals surface area contributed by atoms with Crippen molar-refractivity contribution < 1.29 is 14.3 Å². The van der Waals surface area contributed by atoms with E-state index in [-0.39, 0.29) is 12.2 Å². The SMILES string of the molecule is CC(C)(C)OC(=O)N1CCOC(CCCBr)C1. The molecule has 0 aromatic heterocycles. The highest BCUT2D eigenvalue weighted by Gasteiger charge is 2.27. The minimum Gasteiger partial charge on any atom is -0.444 e. The number of rotatable bonds is 3. The molecule has 0 aromatic carbocycles. The Hall–Kier alpha value is -0.290. The van der Waals surface area contributed by atoms with Crippen LogP contribution in [0, 0.1) is 0 Å². The minimum atomic E-state index is -0.430. The lowest BCUT2D eigenvalue weighted by molar-refractivity contribution is -0.0445. The molecule has 0 aromatic rings. The number of carbonyl (C=O) groups excluding carboxylic acids is 1. The Morgan fingerprint density at radius 1 is 1.53 bits per heavy atom. The summed E-state index contributed by atoms with van der Waals surface area (Å²) >= 11 is 3.40. The van der Waals surface area contributed by atoms with Crippen molar-refractivity contribution in [3.05, 3.63) is 0 Å². The Morgan fingerprint density at radius 3 is 2.82 bits per heavy atom. The zero-order valence-corrected chi connectivity index (χ0v) is 12.5. The maximum atomic E-state index is 11.9. The molecular weight excluding hydrogens is 286 g/mol. The fourth-order valence-electron chi connectivity index (χ4n) is 1.69. The van der Waals surface area contributed by atoms with E-state index in [1.54, 1.807) is 4.90 Å². The summed E-state index contributed by atoms with van der Waals surface area (Å²) in [7, 11) is 0. The average Bonchev–Trinajstić information content (AvgIpc) is 2.24. The molecule has 0 N–H and O–H groups in total. The summed E-state index contributed by atoms with van der Waals surface area (Å²) in [6.45, 7) is 7.52. The molecular formula is C12H22BrNO3. The first-order chi connectivity index (χ1) is 7.92. The zero-order valence-electron chi connectivity index (χ0n) is 10.9. The van der Waals surface area contributed by atoms with Crippen molar-refractivity contribution in [3.63, 3.8) is 0 Å². The highest BCUT2D eigenvalue weighted by molar-refractivity contribution is 9.09. The minimum absolute atomic E-state index is 0.147. The predicted molar refractivity (Wildman–Crippen MR) is 70.6 cm³/mol. The highest BCUT2D eigenvalue weighted by atomic mass is 79.9. The summed E-state index contributed by atoms with van der Waals surface area (Å²) in [6, 6.07) is 0. The molecule has 0 radical (unpaired) electrons. The lowest BCUT2D eigenvalue weighted by atomic mass is 10.2. The van der Waals surface area contributed by atoms with Crippen LogP contribution in [0.1, 0.15) is 33.6 Å². The van der Waals surface area contributed by atoms with Gasteiger partial charge >= 0.3 is 6.09 Å². The monoisotopic (exact) mass is 307 g/mol. The van der Waals surface area contributed by atoms with E-state index in [9.17, 15) is 4.79 Å². The number of morpholine rings is 1. The van der Waals surface area contributed by atoms with Gasteiger partial charge in [-0.1, -0.05) is 15.9 Å². The van der Waals surface area contributed by atoms with E-state index >= 15 is 0 Å². The van der Waals surface area contributed by atoms with Crippen molar-refractivity contribution in [3.8, 4) is 0 Å². The number of ether oxygens (including phenoxy) is 2. The van der Waals surface area contributed by atoms with Gasteiger partial charge < -0.3 is 14.4 Å². The third-order valence-electron chi connectivity index (χ3n) is 2.45. The van der Waals surface area contributed by atoms with Crippen LogP contribution in [0.15, 0.2) is 0 Å². The van der Waals surface area contributed by atoms with E-state index < -0.39 is 5.60 Å². The van der Waals surface area contributed by atoms with Crippen molar-refractivity contribution in [1.82, 2.24) is 4.90 Å². The molecule has 1 fully saturated rings. The van der Waals surface area contributed by atoms with Gasteiger partial charge in [-0.25, -0.2) is 4.79 Å². The summed E-state index contributed by atoms with van der Waals surface area (Å²) in [5.41, 5.74) is -0.430. The molecule has 0 spiro atoms. The maximum absolute atomic E-state index is 11.9. The number of halogens is 1. The predicted octanol–water partition coefficient (Wildman–Crippen LogP) is 2.80. The zero-order chi connectivity index (χ0) is 12.9. The second-order valence-corrected chi connectivity index (χ2v) is 6.04. The van der Waals surface area contributed by atoms with Gasteiger partial charge in [0, 0.05) is 11.9 Å². The van der Waals surface area contributed by atoms with Crippen LogP contribution in [0.5, 0.6) is 0 Å². The van der Waals surface area contributed by atoms with Crippen LogP contribution < -0.4 is 0 Å². The fraction of sp³-hybridized carbons (Fsp3) is 0.917. The normalized spacial score (nSPS) is 21.4. The molecule has 1 aliphatic heterocycles. The Morgan fingerprint density at radius 2 is 2.24 bits per heavy atom. The molecule has 1 amide bonds. The third kappa shape index (κ3) is 5.73. The van der Waals surface area contributed by atoms with Crippen LogP contribution in [0.2, 0.25) is 0 Å². The van der Waals surface area contributed by atoms with Crippen LogP contribution in [-0.4, -0.2) is 47.7 Å². The van der Waals surface area contributed by atoms with E-state index in [1.807, 2.05) is 20.8 Å². The Bertz CT molecular complexity index is 253. The Balaban J connectivity index is 2.40. The first-order valence-electron chi connectivity index (χ1n) is 6.08. The van der Waals surface area contributed by atoms with Gasteiger partial charge in [0.05, 0.1) is 19.3 Å². The molecule has 17 heavy (non-hydrogen) atoms. The molecule has 5 heteroatoms. The molecule has 1 saturated heterocycles. The topological polar surface area (TPSA) is 38.8 Å². The molecule has 1 aliphatic rings. The number of hydrogen-bond donors (Lipinski definition) is 0. The quantitative estimate of drug-likeness (QED) is 0.753.